The average molecular weight is 629 g/mol. The Labute approximate surface area is 268 Å². The van der Waals surface area contributed by atoms with Gasteiger partial charge < -0.3 is 20.4 Å². The number of carbonyl (C=O) groups is 3. The van der Waals surface area contributed by atoms with Gasteiger partial charge in [0.25, 0.3) is 5.56 Å². The van der Waals surface area contributed by atoms with E-state index in [-0.39, 0.29) is 47.4 Å². The van der Waals surface area contributed by atoms with Crippen LogP contribution in [0.5, 0.6) is 0 Å². The summed E-state index contributed by atoms with van der Waals surface area (Å²) in [6.45, 7) is 5.89. The van der Waals surface area contributed by atoms with Crippen molar-refractivity contribution >= 4 is 40.0 Å². The molecule has 1 unspecified atom stereocenters. The van der Waals surface area contributed by atoms with Crippen LogP contribution in [0.15, 0.2) is 64.2 Å². The normalized spacial score (nSPS) is 16.8. The number of benzene rings is 2. The topological polar surface area (TPSA) is 126 Å². The Bertz CT molecular complexity index is 1770. The van der Waals surface area contributed by atoms with E-state index in [1.165, 1.54) is 10.6 Å². The van der Waals surface area contributed by atoms with E-state index in [4.69, 9.17) is 0 Å². The molecule has 0 spiro atoms. The van der Waals surface area contributed by atoms with E-state index >= 15 is 0 Å². The number of piperidine rings is 1. The van der Waals surface area contributed by atoms with E-state index in [1.807, 2.05) is 32.8 Å². The van der Waals surface area contributed by atoms with Gasteiger partial charge in [-0.25, -0.2) is 9.59 Å². The number of hydrogen-bond acceptors (Lipinski definition) is 6. The minimum absolute atomic E-state index is 0.00841. The first kappa shape index (κ1) is 32.9. The van der Waals surface area contributed by atoms with Crippen molar-refractivity contribution in [1.82, 2.24) is 18.9 Å². The molecule has 1 saturated heterocycles. The van der Waals surface area contributed by atoms with Gasteiger partial charge in [-0.15, -0.1) is 0 Å². The summed E-state index contributed by atoms with van der Waals surface area (Å²) in [6, 6.07) is 11.6. The molecule has 2 fully saturated rings. The van der Waals surface area contributed by atoms with Crippen molar-refractivity contribution in [2.75, 3.05) is 44.4 Å². The first-order valence-corrected chi connectivity index (χ1v) is 16.1. The summed E-state index contributed by atoms with van der Waals surface area (Å²) in [5.41, 5.74) is 1.47. The van der Waals surface area contributed by atoms with Crippen molar-refractivity contribution in [3.8, 4) is 0 Å². The molecule has 244 valence electrons. The summed E-state index contributed by atoms with van der Waals surface area (Å²) in [4.78, 5) is 69.0. The summed E-state index contributed by atoms with van der Waals surface area (Å²) >= 11 is 0. The number of amides is 3. The fourth-order valence-electron chi connectivity index (χ4n) is 6.00. The van der Waals surface area contributed by atoms with Gasteiger partial charge in [0.1, 0.15) is 0 Å². The van der Waals surface area contributed by atoms with Crippen molar-refractivity contribution in [1.29, 1.82) is 0 Å². The first-order valence-electron chi connectivity index (χ1n) is 16.1. The molecule has 2 aromatic carbocycles. The van der Waals surface area contributed by atoms with Crippen LogP contribution in [-0.2, 0) is 11.3 Å². The van der Waals surface area contributed by atoms with E-state index in [9.17, 15) is 24.0 Å². The van der Waals surface area contributed by atoms with Gasteiger partial charge in [-0.1, -0.05) is 18.2 Å². The van der Waals surface area contributed by atoms with Gasteiger partial charge in [0.15, 0.2) is 5.78 Å². The quantitative estimate of drug-likeness (QED) is 0.234. The Morgan fingerprint density at radius 3 is 2.46 bits per heavy atom. The smallest absolute Gasteiger partial charge is 0.324 e. The second-order valence-corrected chi connectivity index (χ2v) is 13.1. The maximum absolute atomic E-state index is 13.4. The predicted molar refractivity (Wildman–Crippen MR) is 181 cm³/mol. The number of nitrogens with zero attached hydrogens (tertiary/aromatic N) is 4. The fraction of sp³-hybridized carbons (Fsp3) is 0.457. The zero-order chi connectivity index (χ0) is 33.0. The maximum atomic E-state index is 13.4. The van der Waals surface area contributed by atoms with Crippen LogP contribution in [0.4, 0.5) is 16.2 Å². The van der Waals surface area contributed by atoms with Crippen molar-refractivity contribution in [3.05, 3.63) is 81.0 Å². The van der Waals surface area contributed by atoms with Gasteiger partial charge in [-0.05, 0) is 95.8 Å². The molecular formula is C35H44N6O5. The molecule has 46 heavy (non-hydrogen) atoms. The molecule has 1 saturated carbocycles. The highest BCUT2D eigenvalue weighted by Gasteiger charge is 2.27. The summed E-state index contributed by atoms with van der Waals surface area (Å²) in [5, 5.41) is 6.14. The van der Waals surface area contributed by atoms with Crippen LogP contribution in [0, 0.1) is 11.8 Å². The van der Waals surface area contributed by atoms with Crippen LogP contribution in [0.3, 0.4) is 0 Å². The minimum atomic E-state index is -0.333. The second kappa shape index (κ2) is 14.3. The van der Waals surface area contributed by atoms with Crippen LogP contribution in [0.2, 0.25) is 0 Å². The van der Waals surface area contributed by atoms with Crippen LogP contribution in [0.1, 0.15) is 62.4 Å². The monoisotopic (exact) mass is 628 g/mol. The predicted octanol–water partition coefficient (Wildman–Crippen LogP) is 4.73. The number of likely N-dealkylation sites (N-methyl/N-ethyl adjacent to an activating group) is 1. The Morgan fingerprint density at radius 1 is 0.978 bits per heavy atom. The summed E-state index contributed by atoms with van der Waals surface area (Å²) < 4.78 is 2.98. The Balaban J connectivity index is 1.23. The Kier molecular flexibility index (Phi) is 10.2. The third-order valence-electron chi connectivity index (χ3n) is 8.55. The maximum Gasteiger partial charge on any atom is 0.331 e. The zero-order valence-electron chi connectivity index (χ0n) is 27.1. The molecule has 2 aliphatic rings. The lowest BCUT2D eigenvalue weighted by Crippen LogP contribution is -2.43. The lowest BCUT2D eigenvalue weighted by molar-refractivity contribution is -0.111. The Morgan fingerprint density at radius 2 is 1.74 bits per heavy atom. The molecule has 2 N–H and O–H groups in total. The van der Waals surface area contributed by atoms with Crippen LogP contribution in [0.25, 0.3) is 10.9 Å². The van der Waals surface area contributed by atoms with E-state index < -0.39 is 0 Å². The van der Waals surface area contributed by atoms with Crippen molar-refractivity contribution in [2.45, 2.75) is 58.5 Å². The molecule has 11 nitrogen and oxygen atoms in total. The standard InChI is InChI=1S/C35H44N6O5/c1-23(2)41-30-15-14-28(20-29(30)33(44)40(35(41)46)22-24-12-13-24)37-34(45)39-17-6-8-25(21-39)18-31(42)26-9-5-10-27(19-26)36-32(43)11-7-16-38(3)4/h5,7,9-11,14-15,19-20,23-25H,6,8,12-13,16-18,21-22H2,1-4H3,(H,36,43)(H,37,45)/b11-7+. The lowest BCUT2D eigenvalue weighted by atomic mass is 9.91. The summed E-state index contributed by atoms with van der Waals surface area (Å²) in [6.07, 6.45) is 7.16. The molecule has 2 heterocycles. The average Bonchev–Trinajstić information content (AvgIpc) is 3.84. The molecule has 1 aliphatic heterocycles. The Hall–Kier alpha value is -4.51. The highest BCUT2D eigenvalue weighted by Crippen LogP contribution is 2.30. The molecule has 1 atom stereocenters. The van der Waals surface area contributed by atoms with E-state index in [0.29, 0.717) is 59.9 Å². The van der Waals surface area contributed by atoms with Crippen LogP contribution < -0.4 is 21.9 Å². The summed E-state index contributed by atoms with van der Waals surface area (Å²) in [7, 11) is 3.84. The number of carbonyl (C=O) groups excluding carboxylic acids is 3. The number of rotatable bonds is 11. The van der Waals surface area contributed by atoms with Gasteiger partial charge in [0.2, 0.25) is 5.91 Å². The summed E-state index contributed by atoms with van der Waals surface area (Å²) in [5.74, 6) is 0.0474. The van der Waals surface area contributed by atoms with Gasteiger partial charge >= 0.3 is 11.7 Å². The van der Waals surface area contributed by atoms with Gasteiger partial charge in [0.05, 0.1) is 10.9 Å². The number of aromatic nitrogens is 2. The van der Waals surface area contributed by atoms with E-state index in [0.717, 1.165) is 25.7 Å². The molecule has 3 aromatic rings. The largest absolute Gasteiger partial charge is 0.331 e. The number of hydrogen-bond donors (Lipinski definition) is 2. The molecular weight excluding hydrogens is 584 g/mol. The highest BCUT2D eigenvalue weighted by atomic mass is 16.2. The number of urea groups is 1. The molecule has 5 rings (SSSR count). The van der Waals surface area contributed by atoms with Gasteiger partial charge in [0, 0.05) is 61.7 Å². The van der Waals surface area contributed by atoms with Crippen molar-refractivity contribution < 1.29 is 14.4 Å². The first-order chi connectivity index (χ1) is 22.0. The van der Waals surface area contributed by atoms with E-state index in [2.05, 4.69) is 10.6 Å². The van der Waals surface area contributed by atoms with Crippen molar-refractivity contribution in [2.24, 2.45) is 11.8 Å². The number of nitrogens with one attached hydrogen (secondary N) is 2. The molecule has 3 amide bonds. The number of Topliss-reactive ketones (excluding diaryl/α,β-unsaturated/α-hetero) is 1. The number of ketones is 1. The molecule has 0 bridgehead atoms. The van der Waals surface area contributed by atoms with Crippen LogP contribution >= 0.6 is 0 Å². The number of fused-ring (bicyclic) bond motifs is 1. The number of anilines is 2. The van der Waals surface area contributed by atoms with Gasteiger partial charge in [-0.3, -0.25) is 23.5 Å². The lowest BCUT2D eigenvalue weighted by Gasteiger charge is -2.32. The molecule has 1 aromatic heterocycles. The SMILES string of the molecule is CC(C)n1c(=O)n(CC2CC2)c(=O)c2cc(NC(=O)N3CCCC(CC(=O)c4cccc(NC(=O)/C=C/CN(C)C)c4)C3)ccc21. The zero-order valence-corrected chi connectivity index (χ0v) is 27.1. The third-order valence-corrected chi connectivity index (χ3v) is 8.55. The van der Waals surface area contributed by atoms with Crippen LogP contribution in [-0.4, -0.2) is 70.4 Å². The van der Waals surface area contributed by atoms with Crippen molar-refractivity contribution in [3.63, 3.8) is 0 Å². The minimum Gasteiger partial charge on any atom is -0.324 e. The molecule has 0 radical (unpaired) electrons. The van der Waals surface area contributed by atoms with E-state index in [1.54, 1.807) is 58.0 Å². The highest BCUT2D eigenvalue weighted by molar-refractivity contribution is 6.01. The third kappa shape index (κ3) is 8.00. The van der Waals surface area contributed by atoms with Gasteiger partial charge in [-0.2, -0.15) is 0 Å². The second-order valence-electron chi connectivity index (χ2n) is 13.1. The molecule has 1 aliphatic carbocycles. The fourth-order valence-corrected chi connectivity index (χ4v) is 6.00. The number of likely N-dealkylation sites (tertiary alicyclic amines) is 1. The molecule has 11 heteroatoms.